The molecule has 4 heteroatoms. The monoisotopic (exact) mass is 270 g/mol. The highest BCUT2D eigenvalue weighted by Crippen LogP contribution is 2.23. The van der Waals surface area contributed by atoms with Gasteiger partial charge in [0, 0.05) is 12.6 Å². The minimum absolute atomic E-state index is 0.0711. The van der Waals surface area contributed by atoms with Gasteiger partial charge in [-0.1, -0.05) is 20.8 Å². The highest BCUT2D eigenvalue weighted by atomic mass is 16.3. The van der Waals surface area contributed by atoms with Gasteiger partial charge in [0.05, 0.1) is 6.10 Å². The van der Waals surface area contributed by atoms with E-state index in [2.05, 4.69) is 31.4 Å². The third kappa shape index (κ3) is 6.81. The third-order valence-corrected chi connectivity index (χ3v) is 3.93. The number of carbonyl (C=O) groups is 1. The summed E-state index contributed by atoms with van der Waals surface area (Å²) < 4.78 is 0. The zero-order valence-corrected chi connectivity index (χ0v) is 12.8. The number of hydrogen-bond donors (Lipinski definition) is 3. The van der Waals surface area contributed by atoms with Gasteiger partial charge in [-0.3, -0.25) is 0 Å². The normalized spacial score (nSPS) is 25.7. The van der Waals surface area contributed by atoms with E-state index in [1.54, 1.807) is 6.92 Å². The van der Waals surface area contributed by atoms with Gasteiger partial charge in [-0.05, 0) is 50.4 Å². The van der Waals surface area contributed by atoms with Crippen LogP contribution in [-0.2, 0) is 0 Å². The van der Waals surface area contributed by atoms with Crippen molar-refractivity contribution in [3.05, 3.63) is 0 Å². The van der Waals surface area contributed by atoms with E-state index in [0.29, 0.717) is 19.0 Å². The fourth-order valence-corrected chi connectivity index (χ4v) is 2.83. The zero-order chi connectivity index (χ0) is 14.5. The maximum absolute atomic E-state index is 11.8. The molecule has 3 N–H and O–H groups in total. The summed E-state index contributed by atoms with van der Waals surface area (Å²) in [6.45, 7) is 8.76. The molecule has 0 aromatic rings. The largest absolute Gasteiger partial charge is 0.393 e. The second-order valence-corrected chi connectivity index (χ2v) is 7.00. The Kier molecular flexibility index (Phi) is 6.11. The molecule has 1 fully saturated rings. The van der Waals surface area contributed by atoms with Crippen LogP contribution in [0.4, 0.5) is 4.79 Å². The molecule has 0 heterocycles. The fourth-order valence-electron chi connectivity index (χ4n) is 2.83. The lowest BCUT2D eigenvalue weighted by atomic mass is 9.87. The van der Waals surface area contributed by atoms with E-state index in [-0.39, 0.29) is 17.6 Å². The third-order valence-electron chi connectivity index (χ3n) is 3.93. The van der Waals surface area contributed by atoms with Gasteiger partial charge in [-0.2, -0.15) is 0 Å². The van der Waals surface area contributed by atoms with Gasteiger partial charge in [-0.15, -0.1) is 0 Å². The first-order chi connectivity index (χ1) is 8.78. The Morgan fingerprint density at radius 2 is 1.89 bits per heavy atom. The predicted octanol–water partition coefficient (Wildman–Crippen LogP) is 2.66. The van der Waals surface area contributed by atoms with Crippen molar-refractivity contribution in [3.8, 4) is 0 Å². The SMILES string of the molecule is CC(O)CC(C)(C)CNC(=O)NC1CCC(C)CC1. The molecule has 0 aromatic heterocycles. The maximum Gasteiger partial charge on any atom is 0.315 e. The van der Waals surface area contributed by atoms with E-state index in [0.717, 1.165) is 18.8 Å². The Bertz CT molecular complexity index is 282. The lowest BCUT2D eigenvalue weighted by Gasteiger charge is -2.29. The summed E-state index contributed by atoms with van der Waals surface area (Å²) in [6, 6.07) is 0.259. The quantitative estimate of drug-likeness (QED) is 0.719. The molecule has 2 amide bonds. The molecule has 1 rings (SSSR count). The molecule has 0 saturated heterocycles. The summed E-state index contributed by atoms with van der Waals surface area (Å²) in [5.74, 6) is 0.797. The number of aliphatic hydroxyl groups is 1. The van der Waals surface area contributed by atoms with Crippen LogP contribution in [0.2, 0.25) is 0 Å². The van der Waals surface area contributed by atoms with E-state index in [4.69, 9.17) is 0 Å². The molecule has 1 saturated carbocycles. The Morgan fingerprint density at radius 3 is 2.42 bits per heavy atom. The molecular formula is C15H30N2O2. The second kappa shape index (κ2) is 7.13. The number of aliphatic hydroxyl groups excluding tert-OH is 1. The summed E-state index contributed by atoms with van der Waals surface area (Å²) >= 11 is 0. The molecule has 0 radical (unpaired) electrons. The molecule has 19 heavy (non-hydrogen) atoms. The molecule has 1 aliphatic carbocycles. The Balaban J connectivity index is 2.24. The molecule has 1 unspecified atom stereocenters. The van der Waals surface area contributed by atoms with E-state index < -0.39 is 0 Å². The summed E-state index contributed by atoms with van der Waals surface area (Å²) in [4.78, 5) is 11.8. The first-order valence-corrected chi connectivity index (χ1v) is 7.51. The predicted molar refractivity (Wildman–Crippen MR) is 78.0 cm³/mol. The van der Waals surface area contributed by atoms with E-state index in [9.17, 15) is 9.90 Å². The molecule has 112 valence electrons. The number of hydrogen-bond acceptors (Lipinski definition) is 2. The molecule has 1 atom stereocenters. The smallest absolute Gasteiger partial charge is 0.315 e. The van der Waals surface area contributed by atoms with Gasteiger partial charge in [-0.25, -0.2) is 4.79 Å². The lowest BCUT2D eigenvalue weighted by molar-refractivity contribution is 0.128. The zero-order valence-electron chi connectivity index (χ0n) is 12.8. The Hall–Kier alpha value is -0.770. The first kappa shape index (κ1) is 16.3. The van der Waals surface area contributed by atoms with Gasteiger partial charge in [0.2, 0.25) is 0 Å². The van der Waals surface area contributed by atoms with Gasteiger partial charge in [0.25, 0.3) is 0 Å². The number of amides is 2. The second-order valence-electron chi connectivity index (χ2n) is 7.00. The molecule has 0 aliphatic heterocycles. The first-order valence-electron chi connectivity index (χ1n) is 7.51. The standard InChI is InChI=1S/C15H30N2O2/c1-11-5-7-13(8-6-11)17-14(19)16-10-15(3,4)9-12(2)18/h11-13,18H,5-10H2,1-4H3,(H2,16,17,19). The average Bonchev–Trinajstić information content (AvgIpc) is 2.28. The van der Waals surface area contributed by atoms with Crippen molar-refractivity contribution in [1.29, 1.82) is 0 Å². The van der Waals surface area contributed by atoms with E-state index >= 15 is 0 Å². The molecule has 1 aliphatic rings. The van der Waals surface area contributed by atoms with Crippen LogP contribution in [0.5, 0.6) is 0 Å². The van der Waals surface area contributed by atoms with Crippen molar-refractivity contribution >= 4 is 6.03 Å². The van der Waals surface area contributed by atoms with Crippen LogP contribution in [0, 0.1) is 11.3 Å². The highest BCUT2D eigenvalue weighted by molar-refractivity contribution is 5.74. The molecule has 4 nitrogen and oxygen atoms in total. The topological polar surface area (TPSA) is 61.4 Å². The summed E-state index contributed by atoms with van der Waals surface area (Å²) in [6.07, 6.45) is 4.95. The van der Waals surface area contributed by atoms with Crippen LogP contribution in [0.15, 0.2) is 0 Å². The summed E-state index contributed by atoms with van der Waals surface area (Å²) in [7, 11) is 0. The van der Waals surface area contributed by atoms with Gasteiger partial charge >= 0.3 is 6.03 Å². The summed E-state index contributed by atoms with van der Waals surface area (Å²) in [5, 5.41) is 15.4. The molecule has 0 aromatic carbocycles. The number of urea groups is 1. The number of carbonyl (C=O) groups excluding carboxylic acids is 1. The maximum atomic E-state index is 11.8. The van der Waals surface area contributed by atoms with E-state index in [1.165, 1.54) is 12.8 Å². The molecular weight excluding hydrogens is 240 g/mol. The van der Waals surface area contributed by atoms with Gasteiger partial charge in [0.1, 0.15) is 0 Å². The van der Waals surface area contributed by atoms with Crippen LogP contribution >= 0.6 is 0 Å². The molecule has 0 spiro atoms. The van der Waals surface area contributed by atoms with Crippen LogP contribution in [0.25, 0.3) is 0 Å². The minimum Gasteiger partial charge on any atom is -0.393 e. The van der Waals surface area contributed by atoms with Crippen LogP contribution in [0.1, 0.15) is 59.8 Å². The van der Waals surface area contributed by atoms with Crippen LogP contribution in [-0.4, -0.2) is 29.8 Å². The van der Waals surface area contributed by atoms with Crippen molar-refractivity contribution in [3.63, 3.8) is 0 Å². The van der Waals surface area contributed by atoms with Crippen molar-refractivity contribution in [2.24, 2.45) is 11.3 Å². The number of rotatable bonds is 5. The lowest BCUT2D eigenvalue weighted by Crippen LogP contribution is -2.46. The van der Waals surface area contributed by atoms with Crippen molar-refractivity contribution < 1.29 is 9.90 Å². The fraction of sp³-hybridized carbons (Fsp3) is 0.933. The minimum atomic E-state index is -0.334. The summed E-state index contributed by atoms with van der Waals surface area (Å²) in [5.41, 5.74) is -0.0768. The Labute approximate surface area is 117 Å². The van der Waals surface area contributed by atoms with Gasteiger partial charge in [0.15, 0.2) is 0 Å². The number of nitrogens with one attached hydrogen (secondary N) is 2. The van der Waals surface area contributed by atoms with Gasteiger partial charge < -0.3 is 15.7 Å². The van der Waals surface area contributed by atoms with Crippen LogP contribution in [0.3, 0.4) is 0 Å². The van der Waals surface area contributed by atoms with Crippen molar-refractivity contribution in [2.75, 3.05) is 6.54 Å². The van der Waals surface area contributed by atoms with Crippen molar-refractivity contribution in [2.45, 2.75) is 71.9 Å². The Morgan fingerprint density at radius 1 is 1.32 bits per heavy atom. The average molecular weight is 270 g/mol. The van der Waals surface area contributed by atoms with Crippen molar-refractivity contribution in [1.82, 2.24) is 10.6 Å². The van der Waals surface area contributed by atoms with Crippen LogP contribution < -0.4 is 10.6 Å². The highest BCUT2D eigenvalue weighted by Gasteiger charge is 2.23. The molecule has 0 bridgehead atoms. The van der Waals surface area contributed by atoms with E-state index in [1.807, 2.05) is 0 Å².